The normalized spacial score (nSPS) is 15.0. The van der Waals surface area contributed by atoms with E-state index in [2.05, 4.69) is 11.6 Å². The molecular weight excluding hydrogens is 342 g/mol. The number of carbonyl (C=O) groups excluding carboxylic acids is 1. The van der Waals surface area contributed by atoms with Crippen molar-refractivity contribution in [2.45, 2.75) is 42.5 Å². The molecule has 0 unspecified atom stereocenters. The zero-order chi connectivity index (χ0) is 17.5. The second-order valence-corrected chi connectivity index (χ2v) is 5.19. The Morgan fingerprint density at radius 1 is 1.00 bits per heavy atom. The molecule has 0 aliphatic carbocycles. The molecular formula is C9H10ClF8NO2. The third-order valence-electron chi connectivity index (χ3n) is 2.28. The van der Waals surface area contributed by atoms with Crippen molar-refractivity contribution in [3.05, 3.63) is 0 Å². The Hall–Kier alpha value is -0.840. The highest BCUT2D eigenvalue weighted by molar-refractivity contribution is 6.22. The maximum atomic E-state index is 13.2. The zero-order valence-electron chi connectivity index (χ0n) is 10.5. The third kappa shape index (κ3) is 3.50. The van der Waals surface area contributed by atoms with Crippen LogP contribution in [0.1, 0.15) is 13.8 Å². The topological polar surface area (TPSA) is 49.3 Å². The standard InChI is InChI=1S/C9H10ClF8NO2/c1-5(2,3-20)19-4(21)6(11,12)7(13,14)8(15,16)9(10,17)18/h20H,3H2,1-2H3,(H,19,21). The molecule has 0 fully saturated rings. The lowest BCUT2D eigenvalue weighted by Crippen LogP contribution is -2.66. The molecule has 1 amide bonds. The van der Waals surface area contributed by atoms with Gasteiger partial charge in [-0.3, -0.25) is 4.79 Å². The van der Waals surface area contributed by atoms with Crippen molar-refractivity contribution in [2.24, 2.45) is 0 Å². The maximum Gasteiger partial charge on any atom is 0.393 e. The Morgan fingerprint density at radius 2 is 1.38 bits per heavy atom. The summed E-state index contributed by atoms with van der Waals surface area (Å²) < 4.78 is 102. The molecule has 0 aromatic rings. The Kier molecular flexibility index (Phi) is 5.20. The molecule has 21 heavy (non-hydrogen) atoms. The van der Waals surface area contributed by atoms with Gasteiger partial charge in [-0.2, -0.15) is 35.1 Å². The van der Waals surface area contributed by atoms with Crippen LogP contribution >= 0.6 is 11.6 Å². The minimum absolute atomic E-state index is 0.896. The first kappa shape index (κ1) is 20.2. The fraction of sp³-hybridized carbons (Fsp3) is 0.889. The van der Waals surface area contributed by atoms with Gasteiger partial charge >= 0.3 is 23.1 Å². The first-order valence-corrected chi connectivity index (χ1v) is 5.45. The molecule has 0 bridgehead atoms. The van der Waals surface area contributed by atoms with Crippen LogP contribution in [0.4, 0.5) is 35.1 Å². The molecule has 126 valence electrons. The minimum atomic E-state index is -6.78. The quantitative estimate of drug-likeness (QED) is 0.571. The molecule has 0 aliphatic heterocycles. The van der Waals surface area contributed by atoms with Crippen molar-refractivity contribution in [3.8, 4) is 0 Å². The minimum Gasteiger partial charge on any atom is -0.394 e. The van der Waals surface area contributed by atoms with Crippen LogP contribution in [0.15, 0.2) is 0 Å². The highest BCUT2D eigenvalue weighted by Gasteiger charge is 2.82. The van der Waals surface area contributed by atoms with E-state index in [4.69, 9.17) is 5.11 Å². The van der Waals surface area contributed by atoms with Crippen molar-refractivity contribution in [1.82, 2.24) is 5.32 Å². The van der Waals surface area contributed by atoms with Crippen LogP contribution < -0.4 is 5.32 Å². The number of halogens is 9. The summed E-state index contributed by atoms with van der Waals surface area (Å²) in [5.74, 6) is -22.7. The largest absolute Gasteiger partial charge is 0.394 e. The molecule has 0 aromatic carbocycles. The Labute approximate surface area is 118 Å². The van der Waals surface area contributed by atoms with E-state index in [1.54, 1.807) is 0 Å². The number of alkyl halides is 9. The van der Waals surface area contributed by atoms with Crippen molar-refractivity contribution in [1.29, 1.82) is 0 Å². The summed E-state index contributed by atoms with van der Waals surface area (Å²) in [5.41, 5.74) is -1.88. The molecule has 0 spiro atoms. The van der Waals surface area contributed by atoms with Gasteiger partial charge in [0.15, 0.2) is 0 Å². The zero-order valence-corrected chi connectivity index (χ0v) is 11.2. The molecule has 0 atom stereocenters. The highest BCUT2D eigenvalue weighted by atomic mass is 35.5. The summed E-state index contributed by atoms with van der Waals surface area (Å²) in [7, 11) is 0. The summed E-state index contributed by atoms with van der Waals surface area (Å²) in [6.45, 7) is 0.781. The van der Waals surface area contributed by atoms with Gasteiger partial charge in [-0.1, -0.05) is 0 Å². The van der Waals surface area contributed by atoms with Gasteiger partial charge in [0.1, 0.15) is 0 Å². The number of hydrogen-bond donors (Lipinski definition) is 2. The molecule has 12 heteroatoms. The van der Waals surface area contributed by atoms with E-state index >= 15 is 0 Å². The van der Waals surface area contributed by atoms with E-state index in [-0.39, 0.29) is 0 Å². The second-order valence-electron chi connectivity index (χ2n) is 4.72. The van der Waals surface area contributed by atoms with Crippen molar-refractivity contribution in [2.75, 3.05) is 6.61 Å². The summed E-state index contributed by atoms with van der Waals surface area (Å²) >= 11 is 3.71. The molecule has 0 aliphatic rings. The fourth-order valence-electron chi connectivity index (χ4n) is 0.943. The Bertz CT molecular complexity index is 407. The van der Waals surface area contributed by atoms with Crippen LogP contribution in [0.3, 0.4) is 0 Å². The first-order chi connectivity index (χ1) is 8.94. The van der Waals surface area contributed by atoms with Crippen molar-refractivity contribution >= 4 is 17.5 Å². The average Bonchev–Trinajstić information content (AvgIpc) is 2.26. The van der Waals surface area contributed by atoms with Gasteiger partial charge < -0.3 is 10.4 Å². The van der Waals surface area contributed by atoms with Gasteiger partial charge in [-0.05, 0) is 25.4 Å². The summed E-state index contributed by atoms with van der Waals surface area (Å²) in [4.78, 5) is 11.0. The van der Waals surface area contributed by atoms with Gasteiger partial charge in [0.05, 0.1) is 12.1 Å². The number of amides is 1. The number of rotatable bonds is 6. The molecule has 3 nitrogen and oxygen atoms in total. The number of nitrogens with one attached hydrogen (secondary N) is 1. The van der Waals surface area contributed by atoms with E-state index in [0.29, 0.717) is 0 Å². The first-order valence-electron chi connectivity index (χ1n) is 5.07. The van der Waals surface area contributed by atoms with Crippen LogP contribution in [0.25, 0.3) is 0 Å². The highest BCUT2D eigenvalue weighted by Crippen LogP contribution is 2.54. The van der Waals surface area contributed by atoms with Gasteiger partial charge in [0.25, 0.3) is 5.91 Å². The Balaban J connectivity index is 5.64. The van der Waals surface area contributed by atoms with Gasteiger partial charge in [0.2, 0.25) is 0 Å². The predicted molar refractivity (Wildman–Crippen MR) is 54.9 cm³/mol. The van der Waals surface area contributed by atoms with Gasteiger partial charge in [-0.15, -0.1) is 0 Å². The average molecular weight is 352 g/mol. The lowest BCUT2D eigenvalue weighted by molar-refractivity contribution is -0.338. The summed E-state index contributed by atoms with van der Waals surface area (Å²) in [5, 5.41) is 3.78. The van der Waals surface area contributed by atoms with Crippen molar-refractivity contribution in [3.63, 3.8) is 0 Å². The number of hydrogen-bond acceptors (Lipinski definition) is 2. The maximum absolute atomic E-state index is 13.2. The van der Waals surface area contributed by atoms with Gasteiger partial charge in [0, 0.05) is 0 Å². The van der Waals surface area contributed by atoms with E-state index in [9.17, 15) is 39.9 Å². The molecule has 0 radical (unpaired) electrons. The van der Waals surface area contributed by atoms with E-state index in [0.717, 1.165) is 19.2 Å². The van der Waals surface area contributed by atoms with Crippen molar-refractivity contribution < 1.29 is 45.0 Å². The number of aliphatic hydroxyl groups is 1. The molecule has 0 aromatic heterocycles. The van der Waals surface area contributed by atoms with Crippen LogP contribution in [-0.4, -0.2) is 46.3 Å². The van der Waals surface area contributed by atoms with E-state index in [1.807, 2.05) is 0 Å². The van der Waals surface area contributed by atoms with Crippen LogP contribution in [-0.2, 0) is 4.79 Å². The number of aliphatic hydroxyl groups excluding tert-OH is 1. The molecule has 0 saturated carbocycles. The van der Waals surface area contributed by atoms with Gasteiger partial charge in [-0.25, -0.2) is 0 Å². The third-order valence-corrected chi connectivity index (χ3v) is 2.51. The summed E-state index contributed by atoms with van der Waals surface area (Å²) in [6.07, 6.45) is 0. The van der Waals surface area contributed by atoms with E-state index < -0.39 is 41.2 Å². The SMILES string of the molecule is CC(C)(CO)NC(=O)C(F)(F)C(F)(F)C(F)(F)C(F)(F)Cl. The molecule has 0 rings (SSSR count). The molecule has 0 saturated heterocycles. The predicted octanol–water partition coefficient (Wildman–Crippen LogP) is 2.61. The molecule has 0 heterocycles. The van der Waals surface area contributed by atoms with Crippen LogP contribution in [0.2, 0.25) is 0 Å². The lowest BCUT2D eigenvalue weighted by Gasteiger charge is -2.35. The monoisotopic (exact) mass is 351 g/mol. The fourth-order valence-corrected chi connectivity index (χ4v) is 1.06. The second kappa shape index (κ2) is 5.41. The van der Waals surface area contributed by atoms with E-state index in [1.165, 1.54) is 0 Å². The lowest BCUT2D eigenvalue weighted by atomic mass is 10.0. The molecule has 2 N–H and O–H groups in total. The summed E-state index contributed by atoms with van der Waals surface area (Å²) in [6, 6.07) is 0. The van der Waals surface area contributed by atoms with Crippen LogP contribution in [0, 0.1) is 0 Å². The number of carbonyl (C=O) groups is 1. The van der Waals surface area contributed by atoms with Crippen LogP contribution in [0.5, 0.6) is 0 Å². The smallest absolute Gasteiger partial charge is 0.393 e. The Morgan fingerprint density at radius 3 is 1.67 bits per heavy atom.